The first kappa shape index (κ1) is 20.5. The van der Waals surface area contributed by atoms with E-state index < -0.39 is 6.10 Å². The van der Waals surface area contributed by atoms with Crippen LogP contribution in [0.25, 0.3) is 0 Å². The molecule has 0 bridgehead atoms. The van der Waals surface area contributed by atoms with Crippen molar-refractivity contribution < 1.29 is 22.3 Å². The number of ether oxygens (including phenoxy) is 1. The van der Waals surface area contributed by atoms with Crippen molar-refractivity contribution in [3.8, 4) is 5.75 Å². The van der Waals surface area contributed by atoms with E-state index in [0.29, 0.717) is 13.2 Å². The molecule has 0 aromatic heterocycles. The second-order valence-electron chi connectivity index (χ2n) is 7.41. The first-order chi connectivity index (χ1) is 11.7. The fraction of sp³-hybridized carbons (Fsp3) is 0.700. The molecule has 1 atom stereocenters. The van der Waals surface area contributed by atoms with E-state index in [9.17, 15) is 5.11 Å². The van der Waals surface area contributed by atoms with Crippen molar-refractivity contribution in [1.82, 2.24) is 9.80 Å². The second kappa shape index (κ2) is 10.4. The molecule has 142 valence electrons. The summed E-state index contributed by atoms with van der Waals surface area (Å²) >= 11 is 0. The van der Waals surface area contributed by atoms with Crippen LogP contribution in [0.15, 0.2) is 24.3 Å². The van der Waals surface area contributed by atoms with E-state index in [1.807, 2.05) is 18.2 Å². The Morgan fingerprint density at radius 1 is 1.12 bits per heavy atom. The zero-order valence-electron chi connectivity index (χ0n) is 15.4. The predicted molar refractivity (Wildman–Crippen MR) is 97.6 cm³/mol. The van der Waals surface area contributed by atoms with Crippen molar-refractivity contribution in [3.05, 3.63) is 29.8 Å². The number of rotatable bonds is 6. The second-order valence-corrected chi connectivity index (χ2v) is 7.41. The fourth-order valence-electron chi connectivity index (χ4n) is 4.01. The zero-order valence-corrected chi connectivity index (χ0v) is 16.1. The van der Waals surface area contributed by atoms with Gasteiger partial charge in [0.25, 0.3) is 0 Å². The Hall–Kier alpha value is -0.810. The van der Waals surface area contributed by atoms with Crippen LogP contribution in [-0.2, 0) is 0 Å². The maximum Gasteiger partial charge on any atom is 0.119 e. The lowest BCUT2D eigenvalue weighted by molar-refractivity contribution is -0.00000854. The number of halogens is 1. The van der Waals surface area contributed by atoms with Gasteiger partial charge in [0.1, 0.15) is 18.5 Å². The van der Waals surface area contributed by atoms with E-state index in [1.165, 1.54) is 37.7 Å². The van der Waals surface area contributed by atoms with Gasteiger partial charge in [0.2, 0.25) is 0 Å². The summed E-state index contributed by atoms with van der Waals surface area (Å²) in [7, 11) is 0. The van der Waals surface area contributed by atoms with Crippen molar-refractivity contribution in [2.45, 2.75) is 51.2 Å². The molecule has 1 unspecified atom stereocenters. The Bertz CT molecular complexity index is 500. The van der Waals surface area contributed by atoms with E-state index in [1.54, 1.807) is 0 Å². The summed E-state index contributed by atoms with van der Waals surface area (Å²) in [4.78, 5) is 5.05. The number of aliphatic hydroxyl groups is 1. The van der Waals surface area contributed by atoms with Crippen LogP contribution < -0.4 is 17.1 Å². The maximum atomic E-state index is 10.3. The lowest BCUT2D eigenvalue weighted by Crippen LogP contribution is -3.00. The molecule has 5 heteroatoms. The number of aliphatic hydroxyl groups excluding tert-OH is 1. The van der Waals surface area contributed by atoms with Crippen LogP contribution in [-0.4, -0.2) is 66.4 Å². The standard InChI is InChI=1S/C20H32N2O2.ClH/c1-17-6-5-9-20(14-17)24-16-19(23)15-21-10-12-22(13-11-21)18-7-3-2-4-8-18;/h5-6,9,14,18-19,23H,2-4,7-8,10-13,15-16H2,1H3;1H/p-1. The highest BCUT2D eigenvalue weighted by atomic mass is 35.5. The number of piperazine rings is 1. The third-order valence-corrected chi connectivity index (χ3v) is 5.40. The van der Waals surface area contributed by atoms with E-state index in [-0.39, 0.29) is 12.4 Å². The molecular weight excluding hydrogens is 336 g/mol. The van der Waals surface area contributed by atoms with Gasteiger partial charge in [-0.25, -0.2) is 0 Å². The normalized spacial score (nSPS) is 21.5. The van der Waals surface area contributed by atoms with Gasteiger partial charge in [0.15, 0.2) is 0 Å². The Morgan fingerprint density at radius 2 is 1.84 bits per heavy atom. The quantitative estimate of drug-likeness (QED) is 0.748. The van der Waals surface area contributed by atoms with Gasteiger partial charge in [0, 0.05) is 38.8 Å². The van der Waals surface area contributed by atoms with Crippen molar-refractivity contribution >= 4 is 0 Å². The molecule has 0 amide bonds. The van der Waals surface area contributed by atoms with Crippen LogP contribution >= 0.6 is 0 Å². The Kier molecular flexibility index (Phi) is 8.50. The van der Waals surface area contributed by atoms with Crippen molar-refractivity contribution in [1.29, 1.82) is 0 Å². The van der Waals surface area contributed by atoms with E-state index in [0.717, 1.165) is 38.0 Å². The molecule has 3 rings (SSSR count). The molecule has 1 heterocycles. The minimum atomic E-state index is -0.424. The molecule has 2 aliphatic rings. The highest BCUT2D eigenvalue weighted by Crippen LogP contribution is 2.23. The molecule has 1 N–H and O–H groups in total. The van der Waals surface area contributed by atoms with E-state index in [4.69, 9.17) is 4.74 Å². The van der Waals surface area contributed by atoms with Gasteiger partial charge in [-0.05, 0) is 37.5 Å². The van der Waals surface area contributed by atoms with Crippen LogP contribution in [0.5, 0.6) is 5.75 Å². The van der Waals surface area contributed by atoms with E-state index in [2.05, 4.69) is 22.8 Å². The minimum Gasteiger partial charge on any atom is -1.00 e. The Morgan fingerprint density at radius 3 is 2.52 bits per heavy atom. The van der Waals surface area contributed by atoms with Gasteiger partial charge in [-0.3, -0.25) is 9.80 Å². The summed E-state index contributed by atoms with van der Waals surface area (Å²) in [5.74, 6) is 0.844. The number of benzene rings is 1. The summed E-state index contributed by atoms with van der Waals surface area (Å²) in [6.45, 7) is 7.56. The SMILES string of the molecule is Cc1cccc(OCC(O)CN2CCN(C3CCCCC3)CC2)c1.[Cl-]. The highest BCUT2D eigenvalue weighted by Gasteiger charge is 2.25. The predicted octanol–water partition coefficient (Wildman–Crippen LogP) is -0.311. The summed E-state index contributed by atoms with van der Waals surface area (Å²) < 4.78 is 5.72. The fourth-order valence-corrected chi connectivity index (χ4v) is 4.01. The molecule has 0 radical (unpaired) electrons. The number of aryl methyl sites for hydroxylation is 1. The van der Waals surface area contributed by atoms with Crippen LogP contribution in [0.3, 0.4) is 0 Å². The monoisotopic (exact) mass is 367 g/mol. The molecule has 25 heavy (non-hydrogen) atoms. The largest absolute Gasteiger partial charge is 1.00 e. The first-order valence-corrected chi connectivity index (χ1v) is 9.54. The van der Waals surface area contributed by atoms with Crippen LogP contribution in [0.2, 0.25) is 0 Å². The number of nitrogens with zero attached hydrogens (tertiary/aromatic N) is 2. The Balaban J connectivity index is 0.00000225. The first-order valence-electron chi connectivity index (χ1n) is 9.54. The molecule has 4 nitrogen and oxygen atoms in total. The van der Waals surface area contributed by atoms with Gasteiger partial charge in [0.05, 0.1) is 0 Å². The zero-order chi connectivity index (χ0) is 16.8. The summed E-state index contributed by atoms with van der Waals surface area (Å²) in [6.07, 6.45) is 6.57. The maximum absolute atomic E-state index is 10.3. The number of β-amino-alcohol motifs (C(OH)–C–C–N with tert-alkyl or cyclic N) is 1. The number of hydrogen-bond acceptors (Lipinski definition) is 4. The van der Waals surface area contributed by atoms with Crippen LogP contribution in [0, 0.1) is 6.92 Å². The van der Waals surface area contributed by atoms with Gasteiger partial charge in [-0.2, -0.15) is 0 Å². The molecular formula is C20H32ClN2O2-. The molecule has 1 aromatic carbocycles. The lowest BCUT2D eigenvalue weighted by Gasteiger charge is -2.41. The third-order valence-electron chi connectivity index (χ3n) is 5.40. The molecule has 1 saturated heterocycles. The van der Waals surface area contributed by atoms with Crippen molar-refractivity contribution in [2.75, 3.05) is 39.3 Å². The third kappa shape index (κ3) is 6.45. The molecule has 1 aliphatic heterocycles. The smallest absolute Gasteiger partial charge is 0.119 e. The highest BCUT2D eigenvalue weighted by molar-refractivity contribution is 5.27. The van der Waals surface area contributed by atoms with Gasteiger partial charge < -0.3 is 22.3 Å². The van der Waals surface area contributed by atoms with Crippen LogP contribution in [0.4, 0.5) is 0 Å². The van der Waals surface area contributed by atoms with Gasteiger partial charge in [-0.15, -0.1) is 0 Å². The number of hydrogen-bond donors (Lipinski definition) is 1. The van der Waals surface area contributed by atoms with Crippen LogP contribution in [0.1, 0.15) is 37.7 Å². The summed E-state index contributed by atoms with van der Waals surface area (Å²) in [6, 6.07) is 8.81. The van der Waals surface area contributed by atoms with E-state index >= 15 is 0 Å². The average Bonchev–Trinajstić information content (AvgIpc) is 2.61. The summed E-state index contributed by atoms with van der Waals surface area (Å²) in [5.41, 5.74) is 1.18. The Labute approximate surface area is 158 Å². The lowest BCUT2D eigenvalue weighted by atomic mass is 9.94. The average molecular weight is 368 g/mol. The van der Waals surface area contributed by atoms with Gasteiger partial charge >= 0.3 is 0 Å². The minimum absolute atomic E-state index is 0. The summed E-state index contributed by atoms with van der Waals surface area (Å²) in [5, 5.41) is 10.3. The molecule has 1 saturated carbocycles. The molecule has 0 spiro atoms. The topological polar surface area (TPSA) is 35.9 Å². The molecule has 2 fully saturated rings. The molecule has 1 aliphatic carbocycles. The van der Waals surface area contributed by atoms with Gasteiger partial charge in [-0.1, -0.05) is 31.4 Å². The van der Waals surface area contributed by atoms with Crippen molar-refractivity contribution in [2.24, 2.45) is 0 Å². The molecule has 1 aromatic rings. The van der Waals surface area contributed by atoms with Crippen molar-refractivity contribution in [3.63, 3.8) is 0 Å².